The molecule has 26 heavy (non-hydrogen) atoms. The van der Waals surface area contributed by atoms with Gasteiger partial charge in [0, 0.05) is 6.61 Å². The lowest BCUT2D eigenvalue weighted by atomic mass is 10.1. The molecule has 0 amide bonds. The lowest BCUT2D eigenvalue weighted by Gasteiger charge is -2.11. The molecule has 0 aromatic rings. The van der Waals surface area contributed by atoms with Crippen LogP contribution < -0.4 is 0 Å². The Balaban J connectivity index is 3.30. The largest absolute Gasteiger partial charge is 0.499 e. The average molecular weight is 398 g/mol. The van der Waals surface area contributed by atoms with Crippen molar-refractivity contribution in [2.45, 2.75) is 78.1 Å². The summed E-state index contributed by atoms with van der Waals surface area (Å²) >= 11 is 0. The maximum absolute atomic E-state index is 11.5. The molecule has 0 aliphatic heterocycles. The standard InChI is InChI=1S/C18H39O7P/c1-3-5-6-7-8-9-10-11-12-13-14-23-25-26(19,20)24-18-17-22-16-15-21-4-2/h3-18H2,1-2H3,(H,19,20). The van der Waals surface area contributed by atoms with E-state index in [-0.39, 0.29) is 19.8 Å². The topological polar surface area (TPSA) is 83.5 Å². The van der Waals surface area contributed by atoms with Gasteiger partial charge in [-0.3, -0.25) is 4.52 Å². The van der Waals surface area contributed by atoms with E-state index >= 15 is 0 Å². The zero-order chi connectivity index (χ0) is 19.3. The van der Waals surface area contributed by atoms with E-state index in [4.69, 9.17) is 18.9 Å². The third-order valence-corrected chi connectivity index (χ3v) is 4.59. The summed E-state index contributed by atoms with van der Waals surface area (Å²) in [6.45, 7) is 6.12. The van der Waals surface area contributed by atoms with Crippen molar-refractivity contribution in [2.75, 3.05) is 39.6 Å². The van der Waals surface area contributed by atoms with Gasteiger partial charge in [-0.2, -0.15) is 0 Å². The number of hydrogen-bond donors (Lipinski definition) is 1. The number of phosphoric acid groups is 1. The number of rotatable bonds is 21. The number of hydrogen-bond acceptors (Lipinski definition) is 6. The molecule has 1 unspecified atom stereocenters. The first-order valence-corrected chi connectivity index (χ1v) is 11.6. The highest BCUT2D eigenvalue weighted by molar-refractivity contribution is 7.47. The fraction of sp³-hybridized carbons (Fsp3) is 1.00. The Morgan fingerprint density at radius 1 is 0.692 bits per heavy atom. The fourth-order valence-corrected chi connectivity index (χ4v) is 2.91. The number of unbranched alkanes of at least 4 members (excludes halogenated alkanes) is 9. The molecule has 0 spiro atoms. The van der Waals surface area contributed by atoms with Crippen LogP contribution in [0.3, 0.4) is 0 Å². The Kier molecular flexibility index (Phi) is 19.7. The fourth-order valence-electron chi connectivity index (χ4n) is 2.35. The SMILES string of the molecule is CCCCCCCCCCCCOOP(=O)(O)OCCOCCOCC. The molecular formula is C18H39O7P. The second-order valence-corrected chi connectivity index (χ2v) is 7.53. The van der Waals surface area contributed by atoms with Gasteiger partial charge in [-0.1, -0.05) is 64.7 Å². The van der Waals surface area contributed by atoms with Crippen molar-refractivity contribution in [1.29, 1.82) is 0 Å². The highest BCUT2D eigenvalue weighted by Gasteiger charge is 2.22. The van der Waals surface area contributed by atoms with Crippen molar-refractivity contribution in [1.82, 2.24) is 0 Å². The summed E-state index contributed by atoms with van der Waals surface area (Å²) < 4.78 is 31.0. The molecule has 158 valence electrons. The van der Waals surface area contributed by atoms with Crippen LogP contribution in [0.4, 0.5) is 0 Å². The smallest absolute Gasteiger partial charge is 0.379 e. The van der Waals surface area contributed by atoms with E-state index in [1.807, 2.05) is 6.92 Å². The van der Waals surface area contributed by atoms with Crippen LogP contribution in [-0.4, -0.2) is 44.5 Å². The summed E-state index contributed by atoms with van der Waals surface area (Å²) in [5, 5.41) is 0. The van der Waals surface area contributed by atoms with Crippen molar-refractivity contribution >= 4 is 7.82 Å². The van der Waals surface area contributed by atoms with Gasteiger partial charge >= 0.3 is 7.82 Å². The first kappa shape index (κ1) is 26.0. The molecule has 0 fully saturated rings. The lowest BCUT2D eigenvalue weighted by Crippen LogP contribution is -2.09. The van der Waals surface area contributed by atoms with E-state index in [0.29, 0.717) is 19.8 Å². The number of ether oxygens (including phenoxy) is 2. The van der Waals surface area contributed by atoms with Crippen molar-refractivity contribution in [3.63, 3.8) is 0 Å². The van der Waals surface area contributed by atoms with Crippen molar-refractivity contribution in [3.05, 3.63) is 0 Å². The molecule has 0 heterocycles. The van der Waals surface area contributed by atoms with Crippen molar-refractivity contribution < 1.29 is 33.0 Å². The predicted molar refractivity (Wildman–Crippen MR) is 102 cm³/mol. The van der Waals surface area contributed by atoms with Crippen molar-refractivity contribution in [2.24, 2.45) is 0 Å². The summed E-state index contributed by atoms with van der Waals surface area (Å²) in [6, 6.07) is 0. The van der Waals surface area contributed by atoms with Gasteiger partial charge in [0.05, 0.1) is 33.0 Å². The highest BCUT2D eigenvalue weighted by atomic mass is 31.2. The van der Waals surface area contributed by atoms with Gasteiger partial charge in [0.1, 0.15) is 0 Å². The van der Waals surface area contributed by atoms with E-state index in [2.05, 4.69) is 11.6 Å². The van der Waals surface area contributed by atoms with E-state index < -0.39 is 7.82 Å². The lowest BCUT2D eigenvalue weighted by molar-refractivity contribution is -0.225. The molecule has 1 N–H and O–H groups in total. The van der Waals surface area contributed by atoms with E-state index in [0.717, 1.165) is 19.3 Å². The minimum atomic E-state index is -4.17. The van der Waals surface area contributed by atoms with Crippen molar-refractivity contribution in [3.8, 4) is 0 Å². The normalized spacial score (nSPS) is 13.8. The van der Waals surface area contributed by atoms with Gasteiger partial charge in [-0.05, 0) is 13.3 Å². The molecule has 0 saturated heterocycles. The molecule has 8 heteroatoms. The summed E-state index contributed by atoms with van der Waals surface area (Å²) in [6.07, 6.45) is 12.2. The maximum atomic E-state index is 11.5. The van der Waals surface area contributed by atoms with Crippen LogP contribution in [0.5, 0.6) is 0 Å². The Bertz CT molecular complexity index is 329. The second kappa shape index (κ2) is 19.7. The third kappa shape index (κ3) is 20.3. The summed E-state index contributed by atoms with van der Waals surface area (Å²) in [7, 11) is -4.17. The Labute approximate surface area is 159 Å². The molecular weight excluding hydrogens is 359 g/mol. The molecule has 0 aromatic carbocycles. The zero-order valence-corrected chi connectivity index (χ0v) is 17.6. The molecule has 7 nitrogen and oxygen atoms in total. The predicted octanol–water partition coefficient (Wildman–Crippen LogP) is 5.03. The Morgan fingerprint density at radius 3 is 1.85 bits per heavy atom. The summed E-state index contributed by atoms with van der Waals surface area (Å²) in [5.41, 5.74) is 0. The van der Waals surface area contributed by atoms with Crippen LogP contribution in [0.25, 0.3) is 0 Å². The molecule has 0 saturated carbocycles. The minimum Gasteiger partial charge on any atom is -0.379 e. The first-order chi connectivity index (χ1) is 12.6. The van der Waals surface area contributed by atoms with Gasteiger partial charge in [0.25, 0.3) is 0 Å². The highest BCUT2D eigenvalue weighted by Crippen LogP contribution is 2.43. The molecule has 0 aromatic heterocycles. The van der Waals surface area contributed by atoms with Crippen LogP contribution in [-0.2, 0) is 28.1 Å². The van der Waals surface area contributed by atoms with E-state index in [9.17, 15) is 9.46 Å². The quantitative estimate of drug-likeness (QED) is 0.126. The van der Waals surface area contributed by atoms with Crippen LogP contribution >= 0.6 is 7.82 Å². The first-order valence-electron chi connectivity index (χ1n) is 10.1. The van der Waals surface area contributed by atoms with Crippen LogP contribution in [0.2, 0.25) is 0 Å². The minimum absolute atomic E-state index is 0.0402. The molecule has 0 aliphatic carbocycles. The molecule has 0 bridgehead atoms. The Hall–Kier alpha value is -0.0100. The molecule has 1 atom stereocenters. The average Bonchev–Trinajstić information content (AvgIpc) is 2.62. The van der Waals surface area contributed by atoms with Crippen LogP contribution in [0.1, 0.15) is 78.1 Å². The zero-order valence-electron chi connectivity index (χ0n) is 16.7. The van der Waals surface area contributed by atoms with E-state index in [1.54, 1.807) is 0 Å². The monoisotopic (exact) mass is 398 g/mol. The van der Waals surface area contributed by atoms with Gasteiger partial charge in [-0.15, -0.1) is 4.67 Å². The summed E-state index contributed by atoms with van der Waals surface area (Å²) in [4.78, 5) is 14.2. The maximum Gasteiger partial charge on any atom is 0.499 e. The molecule has 0 rings (SSSR count). The molecule has 0 radical (unpaired) electrons. The van der Waals surface area contributed by atoms with Gasteiger partial charge < -0.3 is 14.4 Å². The molecule has 0 aliphatic rings. The van der Waals surface area contributed by atoms with Gasteiger partial charge in [0.15, 0.2) is 0 Å². The third-order valence-electron chi connectivity index (χ3n) is 3.79. The van der Waals surface area contributed by atoms with Gasteiger partial charge in [-0.25, -0.2) is 9.45 Å². The summed E-state index contributed by atoms with van der Waals surface area (Å²) in [5.74, 6) is 0. The second-order valence-electron chi connectivity index (χ2n) is 6.19. The van der Waals surface area contributed by atoms with Crippen LogP contribution in [0.15, 0.2) is 0 Å². The van der Waals surface area contributed by atoms with E-state index in [1.165, 1.54) is 44.9 Å². The Morgan fingerprint density at radius 2 is 1.23 bits per heavy atom. The number of phosphoric ester groups is 1. The van der Waals surface area contributed by atoms with Gasteiger partial charge in [0.2, 0.25) is 0 Å². The van der Waals surface area contributed by atoms with Crippen LogP contribution in [0, 0.1) is 0 Å².